The maximum atomic E-state index is 10.6. The van der Waals surface area contributed by atoms with E-state index in [1.165, 1.54) is 51.4 Å². The molecule has 2 atom stereocenters. The van der Waals surface area contributed by atoms with Crippen LogP contribution in [0.25, 0.3) is 0 Å². The van der Waals surface area contributed by atoms with E-state index in [2.05, 4.69) is 43.9 Å². The maximum Gasteiger partial charge on any atom is 0.208 e. The highest BCUT2D eigenvalue weighted by molar-refractivity contribution is 5.95. The van der Waals surface area contributed by atoms with Crippen molar-refractivity contribution in [2.45, 2.75) is 83.3 Å². The molecule has 1 aromatic rings. The fourth-order valence-corrected chi connectivity index (χ4v) is 5.68. The number of nitrogens with one attached hydrogen (secondary N) is 1. The first kappa shape index (κ1) is 25.6. The molecule has 1 aromatic heterocycles. The van der Waals surface area contributed by atoms with Crippen molar-refractivity contribution in [3.8, 4) is 0 Å². The lowest BCUT2D eigenvalue weighted by Crippen LogP contribution is -2.42. The maximum absolute atomic E-state index is 10.6. The first-order valence-corrected chi connectivity index (χ1v) is 13.1. The van der Waals surface area contributed by atoms with Crippen molar-refractivity contribution in [3.05, 3.63) is 5.82 Å². The van der Waals surface area contributed by atoms with Crippen LogP contribution in [0.4, 0.5) is 17.3 Å². The number of hydrogen-bond acceptors (Lipinski definition) is 9. The topological polar surface area (TPSA) is 135 Å². The molecule has 10 nitrogen and oxygen atoms in total. The van der Waals surface area contributed by atoms with Gasteiger partial charge in [-0.15, -0.1) is 0 Å². The minimum Gasteiger partial charge on any atom is -0.409 e. The standard InChI is InChI=1S/C25H42N8O2/c1-17(19-10-7-11-19)28-23-20(22(27-3)29-24(30-23)21(26)31-35)33(14-18-8-5-4-6-9-18)16-32-13-12-25(2,34)15-32/h17-19,34-35H,3-16H2,1-2H3,(H2,26,31)(H,28,29,30)/t17-,25?/m1/s1. The lowest BCUT2D eigenvalue weighted by Gasteiger charge is -2.37. The van der Waals surface area contributed by atoms with Crippen molar-refractivity contribution in [1.82, 2.24) is 14.9 Å². The summed E-state index contributed by atoms with van der Waals surface area (Å²) < 4.78 is 0. The smallest absolute Gasteiger partial charge is 0.208 e. The Morgan fingerprint density at radius 2 is 2.00 bits per heavy atom. The van der Waals surface area contributed by atoms with Gasteiger partial charge in [0.2, 0.25) is 11.7 Å². The second-order valence-electron chi connectivity index (χ2n) is 11.0. The first-order chi connectivity index (χ1) is 16.8. The van der Waals surface area contributed by atoms with Gasteiger partial charge >= 0.3 is 0 Å². The fourth-order valence-electron chi connectivity index (χ4n) is 5.68. The van der Waals surface area contributed by atoms with Gasteiger partial charge in [-0.1, -0.05) is 30.8 Å². The molecule has 0 amide bonds. The number of aliphatic imine (C=N–C) groups is 1. The zero-order valence-corrected chi connectivity index (χ0v) is 21.3. The highest BCUT2D eigenvalue weighted by Crippen LogP contribution is 2.39. The van der Waals surface area contributed by atoms with Crippen molar-refractivity contribution in [3.63, 3.8) is 0 Å². The van der Waals surface area contributed by atoms with E-state index < -0.39 is 5.60 Å². The Bertz CT molecular complexity index is 911. The van der Waals surface area contributed by atoms with Crippen molar-refractivity contribution in [2.75, 3.05) is 36.5 Å². The Morgan fingerprint density at radius 1 is 1.26 bits per heavy atom. The zero-order valence-electron chi connectivity index (χ0n) is 21.3. The van der Waals surface area contributed by atoms with Gasteiger partial charge in [0, 0.05) is 25.7 Å². The van der Waals surface area contributed by atoms with E-state index in [-0.39, 0.29) is 17.7 Å². The van der Waals surface area contributed by atoms with E-state index in [9.17, 15) is 10.3 Å². The predicted octanol–water partition coefficient (Wildman–Crippen LogP) is 3.30. The molecule has 1 unspecified atom stereocenters. The molecule has 1 aliphatic heterocycles. The molecule has 0 bridgehead atoms. The summed E-state index contributed by atoms with van der Waals surface area (Å²) in [6.45, 7) is 10.8. The molecule has 3 aliphatic rings. The molecule has 2 aliphatic carbocycles. The third-order valence-electron chi connectivity index (χ3n) is 7.99. The van der Waals surface area contributed by atoms with Crippen LogP contribution in [0.1, 0.15) is 77.5 Å². The Hall–Kier alpha value is -2.46. The Morgan fingerprint density at radius 3 is 2.57 bits per heavy atom. The Balaban J connectivity index is 1.72. The van der Waals surface area contributed by atoms with Gasteiger partial charge < -0.3 is 26.3 Å². The van der Waals surface area contributed by atoms with Crippen molar-refractivity contribution in [1.29, 1.82) is 0 Å². The molecule has 2 heterocycles. The number of nitrogens with zero attached hydrogens (tertiary/aromatic N) is 6. The number of hydrogen-bond donors (Lipinski definition) is 4. The number of β-amino-alcohol motifs (C(OH)–C–C–N with tert-alkyl or cyclic N) is 1. The number of likely N-dealkylation sites (tertiary alicyclic amines) is 1. The van der Waals surface area contributed by atoms with Crippen LogP contribution >= 0.6 is 0 Å². The molecule has 0 spiro atoms. The molecular weight excluding hydrogens is 444 g/mol. The van der Waals surface area contributed by atoms with E-state index in [4.69, 9.17) is 10.7 Å². The van der Waals surface area contributed by atoms with Gasteiger partial charge in [0.1, 0.15) is 5.69 Å². The molecule has 2 saturated carbocycles. The molecule has 0 radical (unpaired) electrons. The number of anilines is 2. The lowest BCUT2D eigenvalue weighted by molar-refractivity contribution is 0.0687. The summed E-state index contributed by atoms with van der Waals surface area (Å²) in [5, 5.41) is 26.6. The number of rotatable bonds is 10. The normalized spacial score (nSPS) is 25.3. The molecule has 0 aromatic carbocycles. The van der Waals surface area contributed by atoms with Crippen molar-refractivity contribution < 1.29 is 10.3 Å². The summed E-state index contributed by atoms with van der Waals surface area (Å²) in [5.41, 5.74) is 6.01. The molecular formula is C25H42N8O2. The predicted molar refractivity (Wildman–Crippen MR) is 140 cm³/mol. The summed E-state index contributed by atoms with van der Waals surface area (Å²) in [7, 11) is 0. The Kier molecular flexibility index (Phi) is 8.11. The molecule has 5 N–H and O–H groups in total. The highest BCUT2D eigenvalue weighted by atomic mass is 16.4. The monoisotopic (exact) mass is 486 g/mol. The Labute approximate surface area is 208 Å². The van der Waals surface area contributed by atoms with Gasteiger partial charge in [0.05, 0.1) is 12.3 Å². The van der Waals surface area contributed by atoms with E-state index >= 15 is 0 Å². The quantitative estimate of drug-likeness (QED) is 0.171. The van der Waals surface area contributed by atoms with Crippen LogP contribution in [0.2, 0.25) is 0 Å². The van der Waals surface area contributed by atoms with Crippen LogP contribution in [-0.4, -0.2) is 75.7 Å². The summed E-state index contributed by atoms with van der Waals surface area (Å²) in [6.07, 6.45) is 10.6. The third kappa shape index (κ3) is 6.22. The molecule has 194 valence electrons. The minimum absolute atomic E-state index is 0.128. The zero-order chi connectivity index (χ0) is 25.0. The number of amidine groups is 1. The van der Waals surface area contributed by atoms with Crippen molar-refractivity contribution in [2.24, 2.45) is 27.7 Å². The van der Waals surface area contributed by atoms with E-state index in [0.717, 1.165) is 25.2 Å². The molecule has 35 heavy (non-hydrogen) atoms. The summed E-state index contributed by atoms with van der Waals surface area (Å²) in [6, 6.07) is 0.222. The van der Waals surface area contributed by atoms with Crippen LogP contribution in [0.3, 0.4) is 0 Å². The molecule has 1 saturated heterocycles. The van der Waals surface area contributed by atoms with Gasteiger partial charge in [0.15, 0.2) is 11.6 Å². The SMILES string of the molecule is C=Nc1nc(/C(N)=N/O)nc(N[C@H](C)C2CCC2)c1N(CC1CCCCC1)CN1CCC(C)(O)C1. The van der Waals surface area contributed by atoms with Crippen LogP contribution in [0.5, 0.6) is 0 Å². The molecule has 4 rings (SSSR count). The summed E-state index contributed by atoms with van der Waals surface area (Å²) in [4.78, 5) is 18.1. The molecule has 10 heteroatoms. The summed E-state index contributed by atoms with van der Waals surface area (Å²) in [5.74, 6) is 2.20. The van der Waals surface area contributed by atoms with Crippen LogP contribution in [0.15, 0.2) is 10.1 Å². The van der Waals surface area contributed by atoms with Crippen LogP contribution in [0, 0.1) is 11.8 Å². The number of oxime groups is 1. The summed E-state index contributed by atoms with van der Waals surface area (Å²) >= 11 is 0. The molecule has 3 fully saturated rings. The van der Waals surface area contributed by atoms with Crippen LogP contribution in [-0.2, 0) is 0 Å². The third-order valence-corrected chi connectivity index (χ3v) is 7.99. The van der Waals surface area contributed by atoms with Gasteiger partial charge in [-0.25, -0.2) is 15.0 Å². The first-order valence-electron chi connectivity index (χ1n) is 13.1. The van der Waals surface area contributed by atoms with Gasteiger partial charge in [0.25, 0.3) is 0 Å². The van der Waals surface area contributed by atoms with Crippen molar-refractivity contribution >= 4 is 29.9 Å². The number of aliphatic hydroxyl groups is 1. The fraction of sp³-hybridized carbons (Fsp3) is 0.760. The van der Waals surface area contributed by atoms with E-state index in [1.807, 2.05) is 6.92 Å². The van der Waals surface area contributed by atoms with E-state index in [0.29, 0.717) is 36.7 Å². The van der Waals surface area contributed by atoms with Gasteiger partial charge in [-0.3, -0.25) is 4.90 Å². The second kappa shape index (κ2) is 11.1. The largest absolute Gasteiger partial charge is 0.409 e. The number of nitrogens with two attached hydrogens (primary N) is 1. The van der Waals surface area contributed by atoms with Crippen LogP contribution < -0.4 is 16.0 Å². The number of aromatic nitrogens is 2. The van der Waals surface area contributed by atoms with Gasteiger partial charge in [-0.2, -0.15) is 0 Å². The highest BCUT2D eigenvalue weighted by Gasteiger charge is 2.34. The average Bonchev–Trinajstić information content (AvgIpc) is 3.15. The van der Waals surface area contributed by atoms with E-state index in [1.54, 1.807) is 0 Å². The second-order valence-corrected chi connectivity index (χ2v) is 11.0. The minimum atomic E-state index is -0.678. The average molecular weight is 487 g/mol. The van der Waals surface area contributed by atoms with Gasteiger partial charge in [-0.05, 0) is 64.5 Å². The lowest BCUT2D eigenvalue weighted by atomic mass is 9.80.